The van der Waals surface area contributed by atoms with Gasteiger partial charge in [0.05, 0.1) is 6.61 Å². The quantitative estimate of drug-likeness (QED) is 0.843. The summed E-state index contributed by atoms with van der Waals surface area (Å²) in [4.78, 5) is 13.8. The Hall–Kier alpha value is -0.720. The number of rotatable bonds is 4. The normalized spacial score (nSPS) is 20.8. The molecular formula is C13H19BrN4O. The highest BCUT2D eigenvalue weighted by Gasteiger charge is 2.28. The highest BCUT2D eigenvalue weighted by Crippen LogP contribution is 2.39. The molecule has 1 N–H and O–H groups in total. The number of aromatic nitrogens is 2. The van der Waals surface area contributed by atoms with Gasteiger partial charge in [-0.3, -0.25) is 4.90 Å². The van der Waals surface area contributed by atoms with Crippen LogP contribution < -0.4 is 4.90 Å². The fourth-order valence-corrected chi connectivity index (χ4v) is 2.84. The highest BCUT2D eigenvalue weighted by molar-refractivity contribution is 9.10. The summed E-state index contributed by atoms with van der Waals surface area (Å²) in [5.41, 5.74) is 0. The van der Waals surface area contributed by atoms with Gasteiger partial charge in [-0.25, -0.2) is 9.97 Å². The van der Waals surface area contributed by atoms with Crippen LogP contribution in [0.25, 0.3) is 0 Å². The third kappa shape index (κ3) is 3.24. The van der Waals surface area contributed by atoms with Crippen LogP contribution in [0.4, 0.5) is 5.82 Å². The number of β-amino-alcohol motifs (C(OH)–C–C–N with tert-alkyl or cyclic N) is 1. The number of hydrogen-bond donors (Lipinski definition) is 1. The van der Waals surface area contributed by atoms with Gasteiger partial charge in [-0.2, -0.15) is 0 Å². The molecule has 2 heterocycles. The summed E-state index contributed by atoms with van der Waals surface area (Å²) in [7, 11) is 0. The van der Waals surface area contributed by atoms with E-state index < -0.39 is 0 Å². The lowest BCUT2D eigenvalue weighted by Crippen LogP contribution is -2.47. The first-order chi connectivity index (χ1) is 9.26. The van der Waals surface area contributed by atoms with Crippen LogP contribution in [0, 0.1) is 0 Å². The Balaban J connectivity index is 1.69. The first-order valence-electron chi connectivity index (χ1n) is 6.89. The molecule has 104 valence electrons. The number of anilines is 1. The van der Waals surface area contributed by atoms with E-state index in [4.69, 9.17) is 10.1 Å². The summed E-state index contributed by atoms with van der Waals surface area (Å²) in [5.74, 6) is 2.60. The lowest BCUT2D eigenvalue weighted by molar-refractivity contribution is 0.188. The summed E-state index contributed by atoms with van der Waals surface area (Å²) in [6.45, 7) is 4.92. The van der Waals surface area contributed by atoms with Crippen molar-refractivity contribution in [2.24, 2.45) is 0 Å². The minimum Gasteiger partial charge on any atom is -0.395 e. The molecule has 1 aromatic rings. The molecule has 0 spiro atoms. The van der Waals surface area contributed by atoms with Crippen molar-refractivity contribution in [3.8, 4) is 0 Å². The van der Waals surface area contributed by atoms with E-state index in [-0.39, 0.29) is 6.61 Å². The summed E-state index contributed by atoms with van der Waals surface area (Å²) < 4.78 is 0.886. The van der Waals surface area contributed by atoms with Crippen LogP contribution in [-0.4, -0.2) is 59.3 Å². The standard InChI is InChI=1S/C13H19BrN4O/c14-11-9-12(16-13(15-11)10-1-2-10)18-5-3-17(4-6-18)7-8-19/h9-10,19H,1-8H2. The van der Waals surface area contributed by atoms with E-state index in [2.05, 4.69) is 30.7 Å². The third-order valence-electron chi connectivity index (χ3n) is 3.75. The lowest BCUT2D eigenvalue weighted by Gasteiger charge is -2.35. The Morgan fingerprint density at radius 3 is 2.58 bits per heavy atom. The lowest BCUT2D eigenvalue weighted by atomic mass is 10.3. The molecule has 6 heteroatoms. The Kier molecular flexibility index (Phi) is 4.00. The van der Waals surface area contributed by atoms with Crippen molar-refractivity contribution < 1.29 is 5.11 Å². The fourth-order valence-electron chi connectivity index (χ4n) is 2.45. The SMILES string of the molecule is OCCN1CCN(c2cc(Br)nc(C3CC3)n2)CC1. The maximum Gasteiger partial charge on any atom is 0.135 e. The van der Waals surface area contributed by atoms with Crippen LogP contribution in [-0.2, 0) is 0 Å². The first-order valence-corrected chi connectivity index (χ1v) is 7.68. The second kappa shape index (κ2) is 5.73. The summed E-state index contributed by atoms with van der Waals surface area (Å²) in [6.07, 6.45) is 2.44. The molecule has 0 bridgehead atoms. The van der Waals surface area contributed by atoms with Gasteiger partial charge in [0.25, 0.3) is 0 Å². The second-order valence-electron chi connectivity index (χ2n) is 5.23. The summed E-state index contributed by atoms with van der Waals surface area (Å²) in [5, 5.41) is 8.96. The molecule has 0 aromatic carbocycles. The van der Waals surface area contributed by atoms with E-state index in [1.807, 2.05) is 6.07 Å². The number of halogens is 1. The van der Waals surface area contributed by atoms with Gasteiger partial charge in [-0.1, -0.05) is 0 Å². The summed E-state index contributed by atoms with van der Waals surface area (Å²) in [6, 6.07) is 2.01. The molecule has 3 rings (SSSR count). The molecule has 1 aliphatic heterocycles. The van der Waals surface area contributed by atoms with E-state index in [1.165, 1.54) is 12.8 Å². The minimum atomic E-state index is 0.241. The number of aliphatic hydroxyl groups excluding tert-OH is 1. The molecule has 19 heavy (non-hydrogen) atoms. The van der Waals surface area contributed by atoms with Gasteiger partial charge in [0.1, 0.15) is 16.2 Å². The Bertz CT molecular complexity index is 444. The molecule has 1 aliphatic carbocycles. The average molecular weight is 327 g/mol. The van der Waals surface area contributed by atoms with Crippen molar-refractivity contribution in [2.45, 2.75) is 18.8 Å². The topological polar surface area (TPSA) is 52.5 Å². The zero-order chi connectivity index (χ0) is 13.2. The molecule has 1 saturated heterocycles. The van der Waals surface area contributed by atoms with Crippen molar-refractivity contribution in [1.29, 1.82) is 0 Å². The average Bonchev–Trinajstić information content (AvgIpc) is 3.23. The molecular weight excluding hydrogens is 308 g/mol. The Labute approximate surface area is 121 Å². The van der Waals surface area contributed by atoms with Crippen molar-refractivity contribution >= 4 is 21.7 Å². The molecule has 2 aliphatic rings. The van der Waals surface area contributed by atoms with Crippen molar-refractivity contribution in [3.05, 3.63) is 16.5 Å². The predicted molar refractivity (Wildman–Crippen MR) is 77.4 cm³/mol. The van der Waals surface area contributed by atoms with Crippen LogP contribution in [0.2, 0.25) is 0 Å². The monoisotopic (exact) mass is 326 g/mol. The number of piperazine rings is 1. The van der Waals surface area contributed by atoms with E-state index in [0.717, 1.165) is 49.0 Å². The van der Waals surface area contributed by atoms with Gasteiger partial charge >= 0.3 is 0 Å². The number of aliphatic hydroxyl groups is 1. The Morgan fingerprint density at radius 2 is 1.95 bits per heavy atom. The molecule has 5 nitrogen and oxygen atoms in total. The van der Waals surface area contributed by atoms with Crippen LogP contribution in [0.1, 0.15) is 24.6 Å². The molecule has 0 atom stereocenters. The number of nitrogens with zero attached hydrogens (tertiary/aromatic N) is 4. The maximum atomic E-state index is 8.96. The van der Waals surface area contributed by atoms with Gasteiger partial charge in [0, 0.05) is 44.7 Å². The third-order valence-corrected chi connectivity index (χ3v) is 4.16. The molecule has 0 amide bonds. The van der Waals surface area contributed by atoms with Crippen LogP contribution in [0.15, 0.2) is 10.7 Å². The second-order valence-corrected chi connectivity index (χ2v) is 6.05. The molecule has 0 unspecified atom stereocenters. The summed E-state index contributed by atoms with van der Waals surface area (Å²) >= 11 is 3.49. The zero-order valence-corrected chi connectivity index (χ0v) is 12.5. The van der Waals surface area contributed by atoms with Crippen molar-refractivity contribution in [1.82, 2.24) is 14.9 Å². The van der Waals surface area contributed by atoms with Gasteiger partial charge in [0.2, 0.25) is 0 Å². The van der Waals surface area contributed by atoms with Gasteiger partial charge in [-0.05, 0) is 28.8 Å². The largest absolute Gasteiger partial charge is 0.395 e. The van der Waals surface area contributed by atoms with E-state index >= 15 is 0 Å². The van der Waals surface area contributed by atoms with E-state index in [0.29, 0.717) is 5.92 Å². The van der Waals surface area contributed by atoms with Crippen LogP contribution >= 0.6 is 15.9 Å². The first kappa shape index (κ1) is 13.3. The van der Waals surface area contributed by atoms with E-state index in [1.54, 1.807) is 0 Å². The fraction of sp³-hybridized carbons (Fsp3) is 0.692. The zero-order valence-electron chi connectivity index (χ0n) is 10.9. The smallest absolute Gasteiger partial charge is 0.135 e. The van der Waals surface area contributed by atoms with Crippen molar-refractivity contribution in [2.75, 3.05) is 44.2 Å². The molecule has 1 aromatic heterocycles. The number of hydrogen-bond acceptors (Lipinski definition) is 5. The molecule has 1 saturated carbocycles. The van der Waals surface area contributed by atoms with Crippen molar-refractivity contribution in [3.63, 3.8) is 0 Å². The van der Waals surface area contributed by atoms with Gasteiger partial charge < -0.3 is 10.0 Å². The van der Waals surface area contributed by atoms with E-state index in [9.17, 15) is 0 Å². The predicted octanol–water partition coefficient (Wildman–Crippen LogP) is 1.23. The van der Waals surface area contributed by atoms with Crippen LogP contribution in [0.3, 0.4) is 0 Å². The van der Waals surface area contributed by atoms with Gasteiger partial charge in [-0.15, -0.1) is 0 Å². The highest BCUT2D eigenvalue weighted by atomic mass is 79.9. The van der Waals surface area contributed by atoms with Gasteiger partial charge in [0.15, 0.2) is 0 Å². The molecule has 2 fully saturated rings. The van der Waals surface area contributed by atoms with Crippen LogP contribution in [0.5, 0.6) is 0 Å². The Morgan fingerprint density at radius 1 is 1.21 bits per heavy atom. The molecule has 0 radical (unpaired) electrons. The minimum absolute atomic E-state index is 0.241. The maximum absolute atomic E-state index is 8.96.